The fourth-order valence-corrected chi connectivity index (χ4v) is 2.14. The lowest BCUT2D eigenvalue weighted by Gasteiger charge is -2.11. The Bertz CT molecular complexity index is 572. The lowest BCUT2D eigenvalue weighted by molar-refractivity contribution is -0.0497. The molecule has 0 aliphatic rings. The predicted molar refractivity (Wildman–Crippen MR) is 75.5 cm³/mol. The highest BCUT2D eigenvalue weighted by Crippen LogP contribution is 2.29. The van der Waals surface area contributed by atoms with Gasteiger partial charge in [0.1, 0.15) is 5.75 Å². The number of hydrogen-bond acceptors (Lipinski definition) is 2. The van der Waals surface area contributed by atoms with Crippen LogP contribution in [0.3, 0.4) is 0 Å². The number of aromatic nitrogens is 1. The van der Waals surface area contributed by atoms with Gasteiger partial charge in [-0.05, 0) is 37.3 Å². The molecule has 1 heterocycles. The van der Waals surface area contributed by atoms with Gasteiger partial charge in [0.2, 0.25) is 0 Å². The first kappa shape index (κ1) is 14.7. The van der Waals surface area contributed by atoms with Gasteiger partial charge in [-0.3, -0.25) is 0 Å². The molecule has 3 nitrogen and oxygen atoms in total. The molecule has 0 atom stereocenters. The highest BCUT2D eigenvalue weighted by Gasteiger charge is 2.09. The van der Waals surface area contributed by atoms with Crippen molar-refractivity contribution in [3.05, 3.63) is 47.2 Å². The standard InChI is InChI=1S/C14H15ClF2N2O/c1-2-19-7-3-4-11(19)9-18-10-5-6-13(12(15)8-10)20-14(16)17/h3-8,14,18H,2,9H2,1H3. The smallest absolute Gasteiger partial charge is 0.387 e. The Morgan fingerprint density at radius 2 is 2.15 bits per heavy atom. The minimum atomic E-state index is -2.88. The molecule has 0 aliphatic carbocycles. The highest BCUT2D eigenvalue weighted by molar-refractivity contribution is 6.32. The van der Waals surface area contributed by atoms with Crippen LogP contribution in [0.1, 0.15) is 12.6 Å². The van der Waals surface area contributed by atoms with Gasteiger partial charge < -0.3 is 14.6 Å². The summed E-state index contributed by atoms with van der Waals surface area (Å²) in [6, 6.07) is 8.65. The molecule has 1 aromatic carbocycles. The number of benzene rings is 1. The molecule has 20 heavy (non-hydrogen) atoms. The van der Waals surface area contributed by atoms with E-state index in [9.17, 15) is 8.78 Å². The summed E-state index contributed by atoms with van der Waals surface area (Å²) in [5, 5.41) is 3.35. The molecule has 0 spiro atoms. The fourth-order valence-electron chi connectivity index (χ4n) is 1.91. The molecule has 1 aromatic heterocycles. The van der Waals surface area contributed by atoms with Gasteiger partial charge in [-0.2, -0.15) is 8.78 Å². The third kappa shape index (κ3) is 3.63. The molecule has 1 N–H and O–H groups in total. The first-order valence-corrected chi connectivity index (χ1v) is 6.60. The van der Waals surface area contributed by atoms with E-state index in [1.807, 2.05) is 18.3 Å². The summed E-state index contributed by atoms with van der Waals surface area (Å²) in [5.74, 6) is -0.0239. The van der Waals surface area contributed by atoms with Crippen molar-refractivity contribution >= 4 is 17.3 Å². The Morgan fingerprint density at radius 1 is 1.35 bits per heavy atom. The molecule has 108 valence electrons. The molecule has 0 fully saturated rings. The van der Waals surface area contributed by atoms with E-state index in [2.05, 4.69) is 21.5 Å². The molecule has 2 aromatic rings. The van der Waals surface area contributed by atoms with Crippen molar-refractivity contribution in [1.82, 2.24) is 4.57 Å². The van der Waals surface area contributed by atoms with Gasteiger partial charge >= 0.3 is 6.61 Å². The van der Waals surface area contributed by atoms with E-state index in [0.717, 1.165) is 17.9 Å². The Morgan fingerprint density at radius 3 is 2.80 bits per heavy atom. The van der Waals surface area contributed by atoms with Crippen molar-refractivity contribution < 1.29 is 13.5 Å². The third-order valence-electron chi connectivity index (χ3n) is 2.89. The van der Waals surface area contributed by atoms with Crippen molar-refractivity contribution in [2.24, 2.45) is 0 Å². The lowest BCUT2D eigenvalue weighted by Crippen LogP contribution is -2.06. The van der Waals surface area contributed by atoms with Gasteiger partial charge in [-0.15, -0.1) is 0 Å². The van der Waals surface area contributed by atoms with Crippen molar-refractivity contribution in [3.63, 3.8) is 0 Å². The molecule has 0 unspecified atom stereocenters. The third-order valence-corrected chi connectivity index (χ3v) is 3.18. The molecule has 0 saturated heterocycles. The minimum Gasteiger partial charge on any atom is -0.433 e. The van der Waals surface area contributed by atoms with E-state index in [1.54, 1.807) is 12.1 Å². The van der Waals surface area contributed by atoms with Crippen LogP contribution in [0.15, 0.2) is 36.5 Å². The van der Waals surface area contributed by atoms with Gasteiger partial charge in [-0.25, -0.2) is 0 Å². The Hall–Kier alpha value is -1.75. The first-order valence-electron chi connectivity index (χ1n) is 6.22. The molecular weight excluding hydrogens is 286 g/mol. The Balaban J connectivity index is 2.02. The van der Waals surface area contributed by atoms with Gasteiger partial charge in [0.25, 0.3) is 0 Å². The highest BCUT2D eigenvalue weighted by atomic mass is 35.5. The summed E-state index contributed by atoms with van der Waals surface area (Å²) in [6.07, 6.45) is 2.00. The first-order chi connectivity index (χ1) is 9.60. The van der Waals surface area contributed by atoms with Crippen LogP contribution in [0.4, 0.5) is 14.5 Å². The fraction of sp³-hybridized carbons (Fsp3) is 0.286. The summed E-state index contributed by atoms with van der Waals surface area (Å²) in [4.78, 5) is 0. The van der Waals surface area contributed by atoms with Crippen LogP contribution in [-0.2, 0) is 13.1 Å². The molecule has 6 heteroatoms. The van der Waals surface area contributed by atoms with Crippen molar-refractivity contribution in [1.29, 1.82) is 0 Å². The zero-order chi connectivity index (χ0) is 14.5. The van der Waals surface area contributed by atoms with Crippen LogP contribution in [-0.4, -0.2) is 11.2 Å². The molecule has 0 amide bonds. The zero-order valence-corrected chi connectivity index (χ0v) is 11.7. The van der Waals surface area contributed by atoms with Gasteiger partial charge in [0.15, 0.2) is 0 Å². The maximum absolute atomic E-state index is 12.1. The topological polar surface area (TPSA) is 26.2 Å². The van der Waals surface area contributed by atoms with Gasteiger partial charge in [-0.1, -0.05) is 11.6 Å². The SMILES string of the molecule is CCn1cccc1CNc1ccc(OC(F)F)c(Cl)c1. The van der Waals surface area contributed by atoms with Crippen LogP contribution < -0.4 is 10.1 Å². The Kier molecular flexibility index (Phi) is 4.84. The number of nitrogens with zero attached hydrogens (tertiary/aromatic N) is 1. The molecule has 2 rings (SSSR count). The molecular formula is C14H15ClF2N2O. The Labute approximate surface area is 121 Å². The van der Waals surface area contributed by atoms with Crippen LogP contribution >= 0.6 is 11.6 Å². The number of hydrogen-bond donors (Lipinski definition) is 1. The van der Waals surface area contributed by atoms with Gasteiger partial charge in [0, 0.05) is 24.1 Å². The van der Waals surface area contributed by atoms with E-state index in [-0.39, 0.29) is 10.8 Å². The number of rotatable bonds is 6. The molecule has 0 radical (unpaired) electrons. The minimum absolute atomic E-state index is 0.0239. The van der Waals surface area contributed by atoms with Crippen LogP contribution in [0, 0.1) is 0 Å². The second-order valence-electron chi connectivity index (χ2n) is 4.16. The van der Waals surface area contributed by atoms with Crippen molar-refractivity contribution in [2.75, 3.05) is 5.32 Å². The normalized spacial score (nSPS) is 10.8. The number of aryl methyl sites for hydroxylation is 1. The summed E-state index contributed by atoms with van der Waals surface area (Å²) in [7, 11) is 0. The second kappa shape index (κ2) is 6.61. The summed E-state index contributed by atoms with van der Waals surface area (Å²) >= 11 is 5.89. The maximum Gasteiger partial charge on any atom is 0.387 e. The zero-order valence-electron chi connectivity index (χ0n) is 10.9. The number of nitrogens with one attached hydrogen (secondary N) is 1. The van der Waals surface area contributed by atoms with Crippen molar-refractivity contribution in [2.45, 2.75) is 26.6 Å². The summed E-state index contributed by atoms with van der Waals surface area (Å²) in [5.41, 5.74) is 1.89. The maximum atomic E-state index is 12.1. The second-order valence-corrected chi connectivity index (χ2v) is 4.57. The number of ether oxygens (including phenoxy) is 1. The van der Waals surface area contributed by atoms with Crippen LogP contribution in [0.25, 0.3) is 0 Å². The summed E-state index contributed by atoms with van der Waals surface area (Å²) in [6.45, 7) is 0.716. The molecule has 0 bridgehead atoms. The van der Waals surface area contributed by atoms with Crippen LogP contribution in [0.5, 0.6) is 5.75 Å². The average Bonchev–Trinajstić information content (AvgIpc) is 2.86. The molecule has 0 saturated carbocycles. The van der Waals surface area contributed by atoms with E-state index in [0.29, 0.717) is 6.54 Å². The monoisotopic (exact) mass is 300 g/mol. The van der Waals surface area contributed by atoms with E-state index < -0.39 is 6.61 Å². The number of alkyl halides is 2. The predicted octanol–water partition coefficient (Wildman–Crippen LogP) is 4.37. The van der Waals surface area contributed by atoms with Gasteiger partial charge in [0.05, 0.1) is 11.6 Å². The van der Waals surface area contributed by atoms with E-state index in [1.165, 1.54) is 6.07 Å². The number of halogens is 3. The van der Waals surface area contributed by atoms with E-state index >= 15 is 0 Å². The van der Waals surface area contributed by atoms with E-state index in [4.69, 9.17) is 11.6 Å². The summed E-state index contributed by atoms with van der Waals surface area (Å²) < 4.78 is 30.6. The largest absolute Gasteiger partial charge is 0.433 e. The molecule has 0 aliphatic heterocycles. The number of anilines is 1. The average molecular weight is 301 g/mol. The lowest BCUT2D eigenvalue weighted by atomic mass is 10.3. The van der Waals surface area contributed by atoms with Crippen LogP contribution in [0.2, 0.25) is 5.02 Å². The quantitative estimate of drug-likeness (QED) is 0.857. The van der Waals surface area contributed by atoms with Crippen molar-refractivity contribution in [3.8, 4) is 5.75 Å².